The van der Waals surface area contributed by atoms with E-state index in [0.717, 1.165) is 11.8 Å². The summed E-state index contributed by atoms with van der Waals surface area (Å²) < 4.78 is 2.86. The SMILES string of the molecule is c1ccc2c(-c3ccc4sc5cc6c(cc5c4c3)CC3CCC3C6)c3ccccc3c(-c3ccc4c(c3)CC4)c2c1. The Kier molecular flexibility index (Phi) is 4.60. The summed E-state index contributed by atoms with van der Waals surface area (Å²) in [5, 5.41) is 8.25. The molecule has 0 N–H and O–H groups in total. The first kappa shape index (κ1) is 22.7. The predicted molar refractivity (Wildman–Crippen MR) is 176 cm³/mol. The van der Waals surface area contributed by atoms with Gasteiger partial charge in [-0.1, -0.05) is 72.8 Å². The standard InChI is InChI=1S/C40H30S/c1-3-7-33-31(5-1)39(27-14-10-23-9-11-24(23)17-27)32-6-2-4-8-34(32)40(33)28-15-16-37-35(20-28)36-21-29-18-25-12-13-26(25)19-30(29)22-38(36)41-37/h1-8,10,14-17,20-22,25-26H,9,11-13,18-19H2. The van der Waals surface area contributed by atoms with E-state index in [4.69, 9.17) is 0 Å². The van der Waals surface area contributed by atoms with Crippen LogP contribution in [-0.2, 0) is 25.7 Å². The third-order valence-corrected chi connectivity index (χ3v) is 11.8. The molecule has 0 nitrogen and oxygen atoms in total. The maximum atomic E-state index is 2.56. The van der Waals surface area contributed by atoms with Gasteiger partial charge in [-0.2, -0.15) is 0 Å². The van der Waals surface area contributed by atoms with Crippen molar-refractivity contribution in [3.63, 3.8) is 0 Å². The maximum absolute atomic E-state index is 2.56. The van der Waals surface area contributed by atoms with Crippen LogP contribution in [-0.4, -0.2) is 0 Å². The fraction of sp³-hybridized carbons (Fsp3) is 0.200. The topological polar surface area (TPSA) is 0 Å². The summed E-state index contributed by atoms with van der Waals surface area (Å²) in [6.45, 7) is 0. The summed E-state index contributed by atoms with van der Waals surface area (Å²) in [6, 6.07) is 37.7. The molecule has 1 aromatic heterocycles. The van der Waals surface area contributed by atoms with Gasteiger partial charge in [0.05, 0.1) is 0 Å². The van der Waals surface area contributed by atoms with Crippen molar-refractivity contribution >= 4 is 53.1 Å². The molecule has 3 aliphatic rings. The van der Waals surface area contributed by atoms with E-state index in [2.05, 4.69) is 97.1 Å². The number of fused-ring (bicyclic) bond motifs is 8. The molecule has 2 atom stereocenters. The Hall–Kier alpha value is -3.94. The van der Waals surface area contributed by atoms with Crippen molar-refractivity contribution in [3.05, 3.63) is 119 Å². The molecule has 196 valence electrons. The average Bonchev–Trinajstić information content (AvgIpc) is 3.33. The lowest BCUT2D eigenvalue weighted by Crippen LogP contribution is -2.33. The van der Waals surface area contributed by atoms with Crippen molar-refractivity contribution in [1.82, 2.24) is 0 Å². The molecule has 2 unspecified atom stereocenters. The van der Waals surface area contributed by atoms with Crippen LogP contribution in [0.5, 0.6) is 0 Å². The molecule has 0 aliphatic heterocycles. The van der Waals surface area contributed by atoms with E-state index in [0.29, 0.717) is 0 Å². The second-order valence-corrected chi connectivity index (χ2v) is 13.8. The minimum Gasteiger partial charge on any atom is -0.135 e. The molecule has 41 heavy (non-hydrogen) atoms. The zero-order valence-corrected chi connectivity index (χ0v) is 23.9. The van der Waals surface area contributed by atoms with Gasteiger partial charge in [-0.3, -0.25) is 0 Å². The van der Waals surface area contributed by atoms with Crippen LogP contribution in [0.25, 0.3) is 64.0 Å². The molecule has 0 spiro atoms. The summed E-state index contributed by atoms with van der Waals surface area (Å²) in [5.41, 5.74) is 11.7. The van der Waals surface area contributed by atoms with E-state index in [9.17, 15) is 0 Å². The van der Waals surface area contributed by atoms with Gasteiger partial charge < -0.3 is 0 Å². The largest absolute Gasteiger partial charge is 0.135 e. The van der Waals surface area contributed by atoms with Crippen molar-refractivity contribution in [3.8, 4) is 22.3 Å². The Morgan fingerprint density at radius 2 is 1.00 bits per heavy atom. The number of aryl methyl sites for hydroxylation is 2. The monoisotopic (exact) mass is 542 g/mol. The number of hydrogen-bond donors (Lipinski definition) is 0. The first-order valence-electron chi connectivity index (χ1n) is 15.3. The van der Waals surface area contributed by atoms with E-state index in [1.54, 1.807) is 11.1 Å². The zero-order valence-electron chi connectivity index (χ0n) is 23.0. The van der Waals surface area contributed by atoms with Crippen LogP contribution in [0.3, 0.4) is 0 Å². The fourth-order valence-corrected chi connectivity index (χ4v) is 9.42. The first-order valence-corrected chi connectivity index (χ1v) is 16.1. The smallest absolute Gasteiger partial charge is 0.0358 e. The Balaban J connectivity index is 1.23. The quantitative estimate of drug-likeness (QED) is 0.191. The highest BCUT2D eigenvalue weighted by molar-refractivity contribution is 7.25. The van der Waals surface area contributed by atoms with E-state index in [-0.39, 0.29) is 0 Å². The Labute approximate surface area is 244 Å². The highest BCUT2D eigenvalue weighted by Gasteiger charge is 2.35. The molecule has 7 aromatic rings. The molecule has 3 aliphatic carbocycles. The molecule has 0 bridgehead atoms. The number of thiophene rings is 1. The molecule has 6 aromatic carbocycles. The van der Waals surface area contributed by atoms with Gasteiger partial charge in [0.25, 0.3) is 0 Å². The van der Waals surface area contributed by atoms with Crippen LogP contribution in [0.15, 0.2) is 97.1 Å². The van der Waals surface area contributed by atoms with Gasteiger partial charge in [0.1, 0.15) is 0 Å². The molecule has 0 radical (unpaired) electrons. The van der Waals surface area contributed by atoms with Gasteiger partial charge in [-0.05, 0) is 141 Å². The molecule has 0 amide bonds. The Bertz CT molecular complexity index is 2170. The summed E-state index contributed by atoms with van der Waals surface area (Å²) in [4.78, 5) is 0. The number of benzene rings is 6. The second-order valence-electron chi connectivity index (χ2n) is 12.8. The summed E-state index contributed by atoms with van der Waals surface area (Å²) in [7, 11) is 0. The van der Waals surface area contributed by atoms with E-state index in [1.807, 2.05) is 11.3 Å². The van der Waals surface area contributed by atoms with Gasteiger partial charge in [0.15, 0.2) is 0 Å². The first-order chi connectivity index (χ1) is 20.3. The molecular formula is C40H30S. The second kappa shape index (κ2) is 8.30. The van der Waals surface area contributed by atoms with Crippen LogP contribution in [0.2, 0.25) is 0 Å². The summed E-state index contributed by atoms with van der Waals surface area (Å²) in [6.07, 6.45) is 7.87. The van der Waals surface area contributed by atoms with Crippen LogP contribution in [0.4, 0.5) is 0 Å². The van der Waals surface area contributed by atoms with Crippen LogP contribution < -0.4 is 0 Å². The van der Waals surface area contributed by atoms with Crippen LogP contribution in [0.1, 0.15) is 35.1 Å². The van der Waals surface area contributed by atoms with Crippen molar-refractivity contribution in [2.45, 2.75) is 38.5 Å². The summed E-state index contributed by atoms with van der Waals surface area (Å²) >= 11 is 1.97. The van der Waals surface area contributed by atoms with Crippen molar-refractivity contribution < 1.29 is 0 Å². The lowest BCUT2D eigenvalue weighted by molar-refractivity contribution is 0.162. The molecular weight excluding hydrogens is 513 g/mol. The molecule has 1 heteroatoms. The highest BCUT2D eigenvalue weighted by Crippen LogP contribution is 2.48. The molecule has 0 saturated heterocycles. The van der Waals surface area contributed by atoms with Gasteiger partial charge in [-0.15, -0.1) is 11.3 Å². The molecule has 10 rings (SSSR count). The normalized spacial score (nSPS) is 19.1. The van der Waals surface area contributed by atoms with Gasteiger partial charge in [0.2, 0.25) is 0 Å². The zero-order chi connectivity index (χ0) is 26.7. The van der Waals surface area contributed by atoms with Crippen molar-refractivity contribution in [2.75, 3.05) is 0 Å². The molecule has 1 fully saturated rings. The third-order valence-electron chi connectivity index (χ3n) is 10.7. The fourth-order valence-electron chi connectivity index (χ4n) is 8.29. The molecule has 1 saturated carbocycles. The number of rotatable bonds is 2. The summed E-state index contributed by atoms with van der Waals surface area (Å²) in [5.74, 6) is 1.87. The Morgan fingerprint density at radius 1 is 0.439 bits per heavy atom. The third kappa shape index (κ3) is 3.22. The van der Waals surface area contributed by atoms with Gasteiger partial charge >= 0.3 is 0 Å². The predicted octanol–water partition coefficient (Wildman–Crippen LogP) is 10.9. The van der Waals surface area contributed by atoms with Gasteiger partial charge in [0, 0.05) is 20.2 Å². The van der Waals surface area contributed by atoms with E-state index in [1.165, 1.54) is 114 Å². The lowest BCUT2D eigenvalue weighted by atomic mass is 9.64. The minimum atomic E-state index is 0.929. The highest BCUT2D eigenvalue weighted by atomic mass is 32.1. The number of hydrogen-bond acceptors (Lipinski definition) is 1. The lowest BCUT2D eigenvalue weighted by Gasteiger charge is -2.41. The van der Waals surface area contributed by atoms with Crippen molar-refractivity contribution in [1.29, 1.82) is 0 Å². The van der Waals surface area contributed by atoms with Gasteiger partial charge in [-0.25, -0.2) is 0 Å². The average molecular weight is 543 g/mol. The van der Waals surface area contributed by atoms with Crippen molar-refractivity contribution in [2.24, 2.45) is 11.8 Å². The maximum Gasteiger partial charge on any atom is 0.0358 e. The molecule has 1 heterocycles. The van der Waals surface area contributed by atoms with Crippen LogP contribution >= 0.6 is 11.3 Å². The van der Waals surface area contributed by atoms with Crippen LogP contribution in [0, 0.1) is 11.8 Å². The van der Waals surface area contributed by atoms with E-state index < -0.39 is 0 Å². The Morgan fingerprint density at radius 3 is 1.59 bits per heavy atom. The van der Waals surface area contributed by atoms with E-state index >= 15 is 0 Å². The minimum absolute atomic E-state index is 0.929.